The standard InChI is InChI=1S/C18H17FN4O3S2/c1-11-22-23-18(28-11)27-10-14-7-15(16(25-2)8-20-14)26-9-17(24)21-13-5-3-12(19)4-6-13/h3-8H,9-10H2,1-2H3,(H,21,24). The molecule has 0 saturated carbocycles. The number of thioether (sulfide) groups is 1. The molecule has 1 amide bonds. The van der Waals surface area contributed by atoms with Gasteiger partial charge in [0.2, 0.25) is 0 Å². The summed E-state index contributed by atoms with van der Waals surface area (Å²) in [6.45, 7) is 1.68. The molecule has 1 aromatic carbocycles. The molecule has 0 saturated heterocycles. The number of nitrogens with zero attached hydrogens (tertiary/aromatic N) is 3. The lowest BCUT2D eigenvalue weighted by molar-refractivity contribution is -0.118. The van der Waals surface area contributed by atoms with E-state index < -0.39 is 0 Å². The van der Waals surface area contributed by atoms with Crippen LogP contribution < -0.4 is 14.8 Å². The van der Waals surface area contributed by atoms with Crippen LogP contribution >= 0.6 is 23.1 Å². The van der Waals surface area contributed by atoms with Gasteiger partial charge in [-0.1, -0.05) is 23.1 Å². The van der Waals surface area contributed by atoms with Gasteiger partial charge in [-0.2, -0.15) is 0 Å². The Bertz CT molecular complexity index is 950. The van der Waals surface area contributed by atoms with E-state index >= 15 is 0 Å². The summed E-state index contributed by atoms with van der Waals surface area (Å²) in [4.78, 5) is 16.4. The Balaban J connectivity index is 1.59. The monoisotopic (exact) mass is 420 g/mol. The molecule has 0 radical (unpaired) electrons. The van der Waals surface area contributed by atoms with Crippen LogP contribution in [0.3, 0.4) is 0 Å². The number of pyridine rings is 1. The van der Waals surface area contributed by atoms with Crippen LogP contribution in [0.25, 0.3) is 0 Å². The van der Waals surface area contributed by atoms with Gasteiger partial charge in [0, 0.05) is 17.5 Å². The first-order valence-electron chi connectivity index (χ1n) is 8.17. The van der Waals surface area contributed by atoms with Gasteiger partial charge in [0.25, 0.3) is 5.91 Å². The number of benzene rings is 1. The van der Waals surface area contributed by atoms with Gasteiger partial charge in [-0.15, -0.1) is 10.2 Å². The van der Waals surface area contributed by atoms with E-state index in [2.05, 4.69) is 20.5 Å². The maximum absolute atomic E-state index is 12.9. The molecule has 0 bridgehead atoms. The predicted octanol–water partition coefficient (Wildman–Crippen LogP) is 3.70. The molecule has 0 unspecified atom stereocenters. The fourth-order valence-corrected chi connectivity index (χ4v) is 3.87. The third-order valence-electron chi connectivity index (χ3n) is 3.45. The lowest BCUT2D eigenvalue weighted by Gasteiger charge is -2.12. The number of halogens is 1. The summed E-state index contributed by atoms with van der Waals surface area (Å²) in [7, 11) is 1.50. The quantitative estimate of drug-likeness (QED) is 0.556. The van der Waals surface area contributed by atoms with Crippen LogP contribution in [0, 0.1) is 12.7 Å². The van der Waals surface area contributed by atoms with Crippen molar-refractivity contribution in [3.63, 3.8) is 0 Å². The van der Waals surface area contributed by atoms with Crippen LogP contribution in [-0.2, 0) is 10.5 Å². The van der Waals surface area contributed by atoms with Gasteiger partial charge in [-0.25, -0.2) is 4.39 Å². The highest BCUT2D eigenvalue weighted by atomic mass is 32.2. The predicted molar refractivity (Wildman–Crippen MR) is 106 cm³/mol. The summed E-state index contributed by atoms with van der Waals surface area (Å²) in [5.74, 6) is 0.679. The molecule has 3 rings (SSSR count). The van der Waals surface area contributed by atoms with Gasteiger partial charge in [0.1, 0.15) is 10.8 Å². The van der Waals surface area contributed by atoms with Crippen molar-refractivity contribution in [1.82, 2.24) is 15.2 Å². The zero-order valence-electron chi connectivity index (χ0n) is 15.1. The van der Waals surface area contributed by atoms with Gasteiger partial charge in [0.15, 0.2) is 22.4 Å². The third kappa shape index (κ3) is 5.64. The van der Waals surface area contributed by atoms with Crippen molar-refractivity contribution < 1.29 is 18.7 Å². The van der Waals surface area contributed by atoms with Crippen LogP contribution in [0.4, 0.5) is 10.1 Å². The van der Waals surface area contributed by atoms with E-state index in [1.54, 1.807) is 12.3 Å². The Morgan fingerprint density at radius 3 is 2.71 bits per heavy atom. The fraction of sp³-hybridized carbons (Fsp3) is 0.222. The van der Waals surface area contributed by atoms with E-state index in [4.69, 9.17) is 9.47 Å². The van der Waals surface area contributed by atoms with E-state index in [1.807, 2.05) is 6.92 Å². The van der Waals surface area contributed by atoms with Gasteiger partial charge in [0.05, 0.1) is 19.0 Å². The molecular weight excluding hydrogens is 403 g/mol. The molecule has 28 heavy (non-hydrogen) atoms. The average molecular weight is 420 g/mol. The normalized spacial score (nSPS) is 10.5. The van der Waals surface area contributed by atoms with Crippen LogP contribution in [0.1, 0.15) is 10.7 Å². The number of nitrogens with one attached hydrogen (secondary N) is 1. The van der Waals surface area contributed by atoms with Crippen LogP contribution in [0.15, 0.2) is 40.9 Å². The molecule has 3 aromatic rings. The van der Waals surface area contributed by atoms with Crippen molar-refractivity contribution in [3.05, 3.63) is 53.0 Å². The number of aromatic nitrogens is 3. The molecule has 1 N–H and O–H groups in total. The molecule has 0 aliphatic carbocycles. The number of amides is 1. The highest BCUT2D eigenvalue weighted by Crippen LogP contribution is 2.30. The van der Waals surface area contributed by atoms with Gasteiger partial charge >= 0.3 is 0 Å². The third-order valence-corrected chi connectivity index (χ3v) is 5.45. The first-order valence-corrected chi connectivity index (χ1v) is 9.97. The highest BCUT2D eigenvalue weighted by Gasteiger charge is 2.11. The maximum atomic E-state index is 12.9. The van der Waals surface area contributed by atoms with Crippen LogP contribution in [-0.4, -0.2) is 34.8 Å². The summed E-state index contributed by atoms with van der Waals surface area (Å²) >= 11 is 3.04. The number of hydrogen-bond acceptors (Lipinski definition) is 8. The highest BCUT2D eigenvalue weighted by molar-refractivity contribution is 8.00. The number of ether oxygens (including phenoxy) is 2. The number of anilines is 1. The zero-order valence-corrected chi connectivity index (χ0v) is 16.8. The van der Waals surface area contributed by atoms with Crippen molar-refractivity contribution in [2.75, 3.05) is 19.0 Å². The van der Waals surface area contributed by atoms with E-state index in [0.717, 1.165) is 15.0 Å². The Morgan fingerprint density at radius 1 is 1.25 bits per heavy atom. The lowest BCUT2D eigenvalue weighted by Crippen LogP contribution is -2.20. The van der Waals surface area contributed by atoms with Crippen LogP contribution in [0.5, 0.6) is 11.5 Å². The van der Waals surface area contributed by atoms with Gasteiger partial charge in [-0.05, 0) is 31.2 Å². The molecule has 0 fully saturated rings. The molecule has 0 aliphatic heterocycles. The molecule has 0 spiro atoms. The van der Waals surface area contributed by atoms with Crippen molar-refractivity contribution in [2.24, 2.45) is 0 Å². The van der Waals surface area contributed by atoms with Gasteiger partial charge < -0.3 is 14.8 Å². The van der Waals surface area contributed by atoms with E-state index in [-0.39, 0.29) is 18.3 Å². The summed E-state index contributed by atoms with van der Waals surface area (Å²) < 4.78 is 24.6. The Hall–Kier alpha value is -2.72. The van der Waals surface area contributed by atoms with Crippen molar-refractivity contribution >= 4 is 34.7 Å². The second kappa shape index (κ2) is 9.47. The smallest absolute Gasteiger partial charge is 0.262 e. The maximum Gasteiger partial charge on any atom is 0.262 e. The SMILES string of the molecule is COc1cnc(CSc2nnc(C)s2)cc1OCC(=O)Nc1ccc(F)cc1. The lowest BCUT2D eigenvalue weighted by atomic mass is 10.3. The van der Waals surface area contributed by atoms with Crippen molar-refractivity contribution in [3.8, 4) is 11.5 Å². The second-order valence-electron chi connectivity index (χ2n) is 5.55. The molecule has 0 atom stereocenters. The van der Waals surface area contributed by atoms with E-state index in [0.29, 0.717) is 22.9 Å². The Morgan fingerprint density at radius 2 is 2.04 bits per heavy atom. The molecular formula is C18H17FN4O3S2. The minimum atomic E-state index is -0.370. The van der Waals surface area contributed by atoms with E-state index in [9.17, 15) is 9.18 Å². The number of carbonyl (C=O) groups excluding carboxylic acids is 1. The zero-order chi connectivity index (χ0) is 19.9. The topological polar surface area (TPSA) is 86.2 Å². The average Bonchev–Trinajstić information content (AvgIpc) is 3.12. The molecule has 2 aromatic heterocycles. The molecule has 2 heterocycles. The minimum Gasteiger partial charge on any atom is -0.491 e. The number of carbonyl (C=O) groups is 1. The summed E-state index contributed by atoms with van der Waals surface area (Å²) in [6.07, 6.45) is 1.55. The van der Waals surface area contributed by atoms with Gasteiger partial charge in [-0.3, -0.25) is 9.78 Å². The number of rotatable bonds is 8. The number of methoxy groups -OCH3 is 1. The van der Waals surface area contributed by atoms with Crippen LogP contribution in [0.2, 0.25) is 0 Å². The second-order valence-corrected chi connectivity index (χ2v) is 7.95. The Kier molecular flexibility index (Phi) is 6.77. The number of aryl methyl sites for hydroxylation is 1. The van der Waals surface area contributed by atoms with Crippen molar-refractivity contribution in [2.45, 2.75) is 17.0 Å². The summed E-state index contributed by atoms with van der Waals surface area (Å²) in [6, 6.07) is 7.22. The number of hydrogen-bond donors (Lipinski definition) is 1. The first kappa shape index (κ1) is 20.0. The fourth-order valence-electron chi connectivity index (χ4n) is 2.16. The molecule has 10 heteroatoms. The van der Waals surface area contributed by atoms with Crippen molar-refractivity contribution in [1.29, 1.82) is 0 Å². The Labute approximate surface area is 169 Å². The largest absolute Gasteiger partial charge is 0.491 e. The molecule has 146 valence electrons. The summed E-state index contributed by atoms with van der Waals surface area (Å²) in [5.41, 5.74) is 1.24. The molecule has 0 aliphatic rings. The molecule has 7 nitrogen and oxygen atoms in total. The first-order chi connectivity index (χ1) is 13.5. The van der Waals surface area contributed by atoms with E-state index in [1.165, 1.54) is 54.5 Å². The summed E-state index contributed by atoms with van der Waals surface area (Å²) in [5, 5.41) is 11.6. The minimum absolute atomic E-state index is 0.222.